The highest BCUT2D eigenvalue weighted by atomic mass is 16.5. The average molecular weight is 333 g/mol. The molecule has 0 spiro atoms. The molecule has 1 aromatic carbocycles. The van der Waals surface area contributed by atoms with Crippen LogP contribution in [0.5, 0.6) is 5.75 Å². The summed E-state index contributed by atoms with van der Waals surface area (Å²) in [5.74, 6) is 0.639. The molecular formula is C15H19N5O4. The standard InChI is InChI=1S/C15H19N5O4/c1-4-24-12-6-5-10(9(3)21)7-11(12)17-14(22)16-8(2)13-18-15(23)20-19-13/h5-8H,4H2,1-3H3,(H2,16,17,22)(H2,18,19,20,23)/t8-/m1/s1. The number of nitrogens with zero attached hydrogens (tertiary/aromatic N) is 1. The average Bonchev–Trinajstić information content (AvgIpc) is 2.95. The second-order valence-corrected chi connectivity index (χ2v) is 5.08. The quantitative estimate of drug-likeness (QED) is 0.597. The molecule has 0 saturated heterocycles. The van der Waals surface area contributed by atoms with E-state index in [1.54, 1.807) is 25.1 Å². The number of nitrogens with one attached hydrogen (secondary N) is 4. The molecular weight excluding hydrogens is 314 g/mol. The highest BCUT2D eigenvalue weighted by molar-refractivity contribution is 5.98. The van der Waals surface area contributed by atoms with Gasteiger partial charge in [-0.25, -0.2) is 14.7 Å². The second-order valence-electron chi connectivity index (χ2n) is 5.08. The molecule has 0 aliphatic rings. The van der Waals surface area contributed by atoms with Crippen LogP contribution < -0.4 is 21.1 Å². The lowest BCUT2D eigenvalue weighted by Crippen LogP contribution is -2.32. The number of benzene rings is 1. The molecule has 9 heteroatoms. The molecule has 1 atom stereocenters. The second kappa shape index (κ2) is 7.44. The fraction of sp³-hybridized carbons (Fsp3) is 0.333. The summed E-state index contributed by atoms with van der Waals surface area (Å²) in [5, 5.41) is 11.3. The topological polar surface area (TPSA) is 129 Å². The molecule has 1 aromatic heterocycles. The minimum atomic E-state index is -0.520. The van der Waals surface area contributed by atoms with Crippen LogP contribution >= 0.6 is 0 Å². The van der Waals surface area contributed by atoms with Crippen molar-refractivity contribution in [1.29, 1.82) is 0 Å². The van der Waals surface area contributed by atoms with Crippen LogP contribution in [-0.2, 0) is 0 Å². The number of H-pyrrole nitrogens is 2. The zero-order valence-electron chi connectivity index (χ0n) is 13.6. The van der Waals surface area contributed by atoms with Crippen LogP contribution in [0.2, 0.25) is 0 Å². The first kappa shape index (κ1) is 17.3. The summed E-state index contributed by atoms with van der Waals surface area (Å²) in [4.78, 5) is 37.2. The number of hydrogen-bond donors (Lipinski definition) is 4. The van der Waals surface area contributed by atoms with Crippen LogP contribution in [0.1, 0.15) is 43.0 Å². The molecule has 24 heavy (non-hydrogen) atoms. The van der Waals surface area contributed by atoms with Crippen LogP contribution in [0.3, 0.4) is 0 Å². The molecule has 128 valence electrons. The first-order valence-electron chi connectivity index (χ1n) is 7.40. The molecule has 0 aliphatic heterocycles. The summed E-state index contributed by atoms with van der Waals surface area (Å²) in [7, 11) is 0. The minimum absolute atomic E-state index is 0.121. The van der Waals surface area contributed by atoms with Crippen LogP contribution in [0, 0.1) is 0 Å². The van der Waals surface area contributed by atoms with Crippen molar-refractivity contribution >= 4 is 17.5 Å². The summed E-state index contributed by atoms with van der Waals surface area (Å²) in [5.41, 5.74) is 0.384. The van der Waals surface area contributed by atoms with Crippen LogP contribution in [0.4, 0.5) is 10.5 Å². The van der Waals surface area contributed by atoms with Crippen LogP contribution in [-0.4, -0.2) is 33.6 Å². The normalized spacial score (nSPS) is 11.6. The van der Waals surface area contributed by atoms with Crippen LogP contribution in [0.25, 0.3) is 0 Å². The smallest absolute Gasteiger partial charge is 0.340 e. The number of urea groups is 1. The molecule has 2 amide bonds. The van der Waals surface area contributed by atoms with Gasteiger partial charge >= 0.3 is 11.7 Å². The maximum atomic E-state index is 12.1. The van der Waals surface area contributed by atoms with Crippen molar-refractivity contribution in [2.24, 2.45) is 0 Å². The molecule has 2 aromatic rings. The molecule has 0 bridgehead atoms. The van der Waals surface area contributed by atoms with Crippen molar-refractivity contribution in [3.63, 3.8) is 0 Å². The SMILES string of the molecule is CCOc1ccc(C(C)=O)cc1NC(=O)N[C@H](C)c1n[nH]c(=O)[nH]1. The third-order valence-corrected chi connectivity index (χ3v) is 3.21. The molecule has 0 fully saturated rings. The Morgan fingerprint density at radius 2 is 2.12 bits per heavy atom. The summed E-state index contributed by atoms with van der Waals surface area (Å²) in [6.07, 6.45) is 0. The van der Waals surface area contributed by atoms with Gasteiger partial charge in [-0.15, -0.1) is 0 Å². The van der Waals surface area contributed by atoms with Gasteiger partial charge in [-0.3, -0.25) is 9.78 Å². The lowest BCUT2D eigenvalue weighted by Gasteiger charge is -2.15. The Hall–Kier alpha value is -3.10. The molecule has 2 rings (SSSR count). The van der Waals surface area contributed by atoms with Crippen LogP contribution in [0.15, 0.2) is 23.0 Å². The molecule has 0 saturated carbocycles. The van der Waals surface area contributed by atoms with Crippen molar-refractivity contribution in [1.82, 2.24) is 20.5 Å². The molecule has 0 aliphatic carbocycles. The Labute approximate surface area is 137 Å². The van der Waals surface area contributed by atoms with Crippen molar-refractivity contribution in [2.75, 3.05) is 11.9 Å². The Morgan fingerprint density at radius 3 is 2.71 bits per heavy atom. The van der Waals surface area contributed by atoms with E-state index in [4.69, 9.17) is 4.74 Å². The summed E-state index contributed by atoms with van der Waals surface area (Å²) in [6, 6.07) is 3.77. The molecule has 9 nitrogen and oxygen atoms in total. The van der Waals surface area contributed by atoms with Gasteiger partial charge < -0.3 is 15.4 Å². The van der Waals surface area contributed by atoms with Gasteiger partial charge in [0.25, 0.3) is 0 Å². The van der Waals surface area contributed by atoms with Crippen molar-refractivity contribution in [3.8, 4) is 5.75 Å². The largest absolute Gasteiger partial charge is 0.492 e. The number of Topliss-reactive ketones (excluding diaryl/α,β-unsaturated/α-hetero) is 1. The Bertz CT molecular complexity index is 795. The minimum Gasteiger partial charge on any atom is -0.492 e. The van der Waals surface area contributed by atoms with Crippen molar-refractivity contribution < 1.29 is 14.3 Å². The summed E-state index contributed by atoms with van der Waals surface area (Å²) >= 11 is 0. The first-order valence-corrected chi connectivity index (χ1v) is 7.40. The number of carbonyl (C=O) groups is 2. The predicted molar refractivity (Wildman–Crippen MR) is 87.4 cm³/mol. The van der Waals surface area contributed by atoms with Gasteiger partial charge in [-0.2, -0.15) is 5.10 Å². The Balaban J connectivity index is 2.13. The zero-order chi connectivity index (χ0) is 17.7. The van der Waals surface area contributed by atoms with E-state index in [9.17, 15) is 14.4 Å². The van der Waals surface area contributed by atoms with Gasteiger partial charge in [0.2, 0.25) is 0 Å². The highest BCUT2D eigenvalue weighted by Crippen LogP contribution is 2.26. The highest BCUT2D eigenvalue weighted by Gasteiger charge is 2.15. The monoisotopic (exact) mass is 333 g/mol. The summed E-state index contributed by atoms with van der Waals surface area (Å²) < 4.78 is 5.45. The number of anilines is 1. The fourth-order valence-corrected chi connectivity index (χ4v) is 2.04. The lowest BCUT2D eigenvalue weighted by atomic mass is 10.1. The third kappa shape index (κ3) is 4.22. The maximum absolute atomic E-state index is 12.1. The Morgan fingerprint density at radius 1 is 1.38 bits per heavy atom. The molecule has 4 N–H and O–H groups in total. The van der Waals surface area contributed by atoms with Gasteiger partial charge in [-0.05, 0) is 39.0 Å². The van der Waals surface area contributed by atoms with E-state index in [2.05, 4.69) is 25.8 Å². The number of hydrogen-bond acceptors (Lipinski definition) is 5. The number of amides is 2. The van der Waals surface area contributed by atoms with E-state index in [1.807, 2.05) is 6.92 Å². The van der Waals surface area contributed by atoms with Crippen molar-refractivity contribution in [3.05, 3.63) is 40.1 Å². The third-order valence-electron chi connectivity index (χ3n) is 3.21. The van der Waals surface area contributed by atoms with Gasteiger partial charge in [-0.1, -0.05) is 0 Å². The molecule has 1 heterocycles. The number of ketones is 1. The fourth-order valence-electron chi connectivity index (χ4n) is 2.04. The Kier molecular flexibility index (Phi) is 5.35. The van der Waals surface area contributed by atoms with Gasteiger partial charge in [0.05, 0.1) is 18.3 Å². The first-order chi connectivity index (χ1) is 11.4. The lowest BCUT2D eigenvalue weighted by molar-refractivity contribution is 0.101. The van der Waals surface area contributed by atoms with E-state index in [0.29, 0.717) is 29.4 Å². The van der Waals surface area contributed by atoms with E-state index in [1.165, 1.54) is 6.92 Å². The molecule has 0 radical (unpaired) electrons. The van der Waals surface area contributed by atoms with Gasteiger partial charge in [0.15, 0.2) is 11.6 Å². The molecule has 0 unspecified atom stereocenters. The van der Waals surface area contributed by atoms with Crippen molar-refractivity contribution in [2.45, 2.75) is 26.8 Å². The van der Waals surface area contributed by atoms with E-state index >= 15 is 0 Å². The van der Waals surface area contributed by atoms with E-state index < -0.39 is 17.8 Å². The number of aromatic nitrogens is 3. The van der Waals surface area contributed by atoms with Gasteiger partial charge in [0.1, 0.15) is 5.75 Å². The number of rotatable bonds is 6. The van der Waals surface area contributed by atoms with Gasteiger partial charge in [0, 0.05) is 5.56 Å². The predicted octanol–water partition coefficient (Wildman–Crippen LogP) is 1.58. The zero-order valence-corrected chi connectivity index (χ0v) is 13.6. The van der Waals surface area contributed by atoms with E-state index in [0.717, 1.165) is 0 Å². The summed E-state index contributed by atoms with van der Waals surface area (Å²) in [6.45, 7) is 5.34. The maximum Gasteiger partial charge on any atom is 0.340 e. The van der Waals surface area contributed by atoms with E-state index in [-0.39, 0.29) is 5.78 Å². The number of carbonyl (C=O) groups excluding carboxylic acids is 2. The number of ether oxygens (including phenoxy) is 1. The number of aromatic amines is 2.